The van der Waals surface area contributed by atoms with Gasteiger partial charge in [0.25, 0.3) is 0 Å². The van der Waals surface area contributed by atoms with E-state index in [-0.39, 0.29) is 23.5 Å². The van der Waals surface area contributed by atoms with Crippen LogP contribution in [-0.2, 0) is 21.1 Å². The van der Waals surface area contributed by atoms with Crippen molar-refractivity contribution in [2.75, 3.05) is 11.5 Å². The first-order valence-electron chi connectivity index (χ1n) is 7.36. The molecule has 1 aromatic rings. The summed E-state index contributed by atoms with van der Waals surface area (Å²) in [6.45, 7) is 6.24. The summed E-state index contributed by atoms with van der Waals surface area (Å²) in [5, 5.41) is 2.84. The van der Waals surface area contributed by atoms with Gasteiger partial charge in [-0.2, -0.15) is 0 Å². The predicted molar refractivity (Wildman–Crippen MR) is 84.2 cm³/mol. The minimum Gasteiger partial charge on any atom is -0.352 e. The van der Waals surface area contributed by atoms with Crippen LogP contribution in [0.4, 0.5) is 0 Å². The lowest BCUT2D eigenvalue weighted by Crippen LogP contribution is -2.36. The summed E-state index contributed by atoms with van der Waals surface area (Å²) < 4.78 is 22.8. The zero-order valence-corrected chi connectivity index (χ0v) is 13.7. The lowest BCUT2D eigenvalue weighted by atomic mass is 9.96. The Labute approximate surface area is 126 Å². The van der Waals surface area contributed by atoms with Crippen molar-refractivity contribution in [1.29, 1.82) is 0 Å². The van der Waals surface area contributed by atoms with Gasteiger partial charge in [-0.3, -0.25) is 4.79 Å². The van der Waals surface area contributed by atoms with Crippen molar-refractivity contribution < 1.29 is 13.2 Å². The number of hydrogen-bond donors (Lipinski definition) is 1. The maximum Gasteiger partial charge on any atom is 0.224 e. The predicted octanol–water partition coefficient (Wildman–Crippen LogP) is 1.96. The Morgan fingerprint density at radius 1 is 1.38 bits per heavy atom. The van der Waals surface area contributed by atoms with Crippen molar-refractivity contribution >= 4 is 15.7 Å². The highest BCUT2D eigenvalue weighted by Crippen LogP contribution is 2.19. The molecule has 1 unspecified atom stereocenters. The molecular formula is C16H23NO3S. The summed E-state index contributed by atoms with van der Waals surface area (Å²) in [5.41, 5.74) is 3.32. The molecule has 1 fully saturated rings. The van der Waals surface area contributed by atoms with Gasteiger partial charge in [-0.15, -0.1) is 0 Å². The third-order valence-corrected chi connectivity index (χ3v) is 5.76. The van der Waals surface area contributed by atoms with Crippen LogP contribution < -0.4 is 5.32 Å². The third-order valence-electron chi connectivity index (χ3n) is 3.99. The van der Waals surface area contributed by atoms with Crippen LogP contribution in [0.25, 0.3) is 0 Å². The van der Waals surface area contributed by atoms with Gasteiger partial charge in [0.2, 0.25) is 5.91 Å². The number of carbonyl (C=O) groups is 1. The molecule has 2 rings (SSSR count). The van der Waals surface area contributed by atoms with Crippen LogP contribution in [0, 0.1) is 6.92 Å². The van der Waals surface area contributed by atoms with Crippen LogP contribution in [-0.4, -0.2) is 31.9 Å². The summed E-state index contributed by atoms with van der Waals surface area (Å²) in [6.07, 6.45) is 0.835. The highest BCUT2D eigenvalue weighted by Gasteiger charge is 2.28. The molecular weight excluding hydrogens is 286 g/mol. The molecule has 0 aliphatic carbocycles. The van der Waals surface area contributed by atoms with Crippen molar-refractivity contribution in [2.24, 2.45) is 0 Å². The van der Waals surface area contributed by atoms with E-state index in [0.717, 1.165) is 11.1 Å². The second-order valence-electron chi connectivity index (χ2n) is 6.18. The maximum absolute atomic E-state index is 12.1. The summed E-state index contributed by atoms with van der Waals surface area (Å²) in [4.78, 5) is 12.1. The van der Waals surface area contributed by atoms with E-state index in [2.05, 4.69) is 31.3 Å². The molecule has 1 heterocycles. The van der Waals surface area contributed by atoms with Gasteiger partial charge >= 0.3 is 0 Å². The van der Waals surface area contributed by atoms with Crippen molar-refractivity contribution in [3.05, 3.63) is 34.9 Å². The van der Waals surface area contributed by atoms with E-state index in [1.807, 2.05) is 13.0 Å². The van der Waals surface area contributed by atoms with Gasteiger partial charge in [-0.05, 0) is 36.0 Å². The average Bonchev–Trinajstić information content (AvgIpc) is 2.71. The minimum absolute atomic E-state index is 0.0732. The van der Waals surface area contributed by atoms with E-state index in [4.69, 9.17) is 0 Å². The molecule has 21 heavy (non-hydrogen) atoms. The van der Waals surface area contributed by atoms with Gasteiger partial charge in [0.1, 0.15) is 0 Å². The van der Waals surface area contributed by atoms with Crippen LogP contribution in [0.15, 0.2) is 18.2 Å². The van der Waals surface area contributed by atoms with Gasteiger partial charge in [0.15, 0.2) is 9.84 Å². The van der Waals surface area contributed by atoms with Gasteiger partial charge in [-0.25, -0.2) is 8.42 Å². The molecule has 1 aromatic carbocycles. The molecule has 0 saturated carbocycles. The standard InChI is InChI=1S/C16H23NO3S/c1-11(2)13-5-4-12(3)14(8-13)9-16(18)17-15-6-7-21(19,20)10-15/h4-5,8,11,15H,6-7,9-10H2,1-3H3,(H,17,18). The number of carbonyl (C=O) groups excluding carboxylic acids is 1. The quantitative estimate of drug-likeness (QED) is 0.925. The first-order chi connectivity index (χ1) is 9.77. The molecule has 0 bridgehead atoms. The maximum atomic E-state index is 12.1. The smallest absolute Gasteiger partial charge is 0.224 e. The highest BCUT2D eigenvalue weighted by atomic mass is 32.2. The molecule has 1 saturated heterocycles. The Morgan fingerprint density at radius 3 is 2.67 bits per heavy atom. The van der Waals surface area contributed by atoms with Crippen LogP contribution in [0.3, 0.4) is 0 Å². The molecule has 4 nitrogen and oxygen atoms in total. The second-order valence-corrected chi connectivity index (χ2v) is 8.41. The molecule has 5 heteroatoms. The number of amides is 1. The Kier molecular flexibility index (Phi) is 4.71. The summed E-state index contributed by atoms with van der Waals surface area (Å²) in [5.74, 6) is 0.581. The molecule has 0 radical (unpaired) electrons. The first kappa shape index (κ1) is 16.0. The van der Waals surface area contributed by atoms with Gasteiger partial charge in [-0.1, -0.05) is 32.0 Å². The van der Waals surface area contributed by atoms with Crippen LogP contribution >= 0.6 is 0 Å². The summed E-state index contributed by atoms with van der Waals surface area (Å²) in [6, 6.07) is 5.98. The van der Waals surface area contributed by atoms with Gasteiger partial charge in [0.05, 0.1) is 17.9 Å². The fourth-order valence-electron chi connectivity index (χ4n) is 2.60. The van der Waals surface area contributed by atoms with E-state index >= 15 is 0 Å². The number of nitrogens with one attached hydrogen (secondary N) is 1. The van der Waals surface area contributed by atoms with E-state index in [1.54, 1.807) is 0 Å². The number of rotatable bonds is 4. The monoisotopic (exact) mass is 309 g/mol. The van der Waals surface area contributed by atoms with Crippen LogP contribution in [0.1, 0.15) is 42.9 Å². The van der Waals surface area contributed by atoms with E-state index in [0.29, 0.717) is 18.8 Å². The van der Waals surface area contributed by atoms with E-state index < -0.39 is 9.84 Å². The minimum atomic E-state index is -2.95. The second kappa shape index (κ2) is 6.18. The summed E-state index contributed by atoms with van der Waals surface area (Å²) in [7, 11) is -2.95. The average molecular weight is 309 g/mol. The van der Waals surface area contributed by atoms with E-state index in [9.17, 15) is 13.2 Å². The SMILES string of the molecule is Cc1ccc(C(C)C)cc1CC(=O)NC1CCS(=O)(=O)C1. The fraction of sp³-hybridized carbons (Fsp3) is 0.562. The number of hydrogen-bond acceptors (Lipinski definition) is 3. The largest absolute Gasteiger partial charge is 0.352 e. The van der Waals surface area contributed by atoms with Gasteiger partial charge < -0.3 is 5.32 Å². The first-order valence-corrected chi connectivity index (χ1v) is 9.18. The van der Waals surface area contributed by atoms with Crippen molar-refractivity contribution in [1.82, 2.24) is 5.32 Å². The van der Waals surface area contributed by atoms with Crippen molar-refractivity contribution in [2.45, 2.75) is 45.6 Å². The molecule has 0 spiro atoms. The molecule has 1 amide bonds. The van der Waals surface area contributed by atoms with E-state index in [1.165, 1.54) is 5.56 Å². The van der Waals surface area contributed by atoms with Crippen molar-refractivity contribution in [3.63, 3.8) is 0 Å². The molecule has 116 valence electrons. The number of benzene rings is 1. The normalized spacial score (nSPS) is 20.7. The fourth-order valence-corrected chi connectivity index (χ4v) is 4.27. The Morgan fingerprint density at radius 2 is 2.10 bits per heavy atom. The molecule has 1 aliphatic heterocycles. The van der Waals surface area contributed by atoms with Crippen LogP contribution in [0.5, 0.6) is 0 Å². The summed E-state index contributed by atoms with van der Waals surface area (Å²) >= 11 is 0. The Hall–Kier alpha value is -1.36. The zero-order valence-electron chi connectivity index (χ0n) is 12.8. The topological polar surface area (TPSA) is 63.2 Å². The molecule has 1 atom stereocenters. The molecule has 1 N–H and O–H groups in total. The molecule has 1 aliphatic rings. The Bertz CT molecular complexity index is 635. The third kappa shape index (κ3) is 4.30. The lowest BCUT2D eigenvalue weighted by Gasteiger charge is -2.14. The molecule has 0 aromatic heterocycles. The zero-order chi connectivity index (χ0) is 15.6. The van der Waals surface area contributed by atoms with Crippen LogP contribution in [0.2, 0.25) is 0 Å². The Balaban J connectivity index is 2.01. The lowest BCUT2D eigenvalue weighted by molar-refractivity contribution is -0.121. The van der Waals surface area contributed by atoms with Gasteiger partial charge in [0, 0.05) is 6.04 Å². The number of aryl methyl sites for hydroxylation is 1. The van der Waals surface area contributed by atoms with Crippen molar-refractivity contribution in [3.8, 4) is 0 Å². The number of sulfone groups is 1. The highest BCUT2D eigenvalue weighted by molar-refractivity contribution is 7.91.